The zero-order valence-corrected chi connectivity index (χ0v) is 21.7. The molecule has 1 unspecified atom stereocenters. The summed E-state index contributed by atoms with van der Waals surface area (Å²) in [6, 6.07) is 20.0. The van der Waals surface area contributed by atoms with Crippen LogP contribution < -0.4 is 0 Å². The summed E-state index contributed by atoms with van der Waals surface area (Å²) < 4.78 is 5.84. The summed E-state index contributed by atoms with van der Waals surface area (Å²) in [4.78, 5) is 27.3. The minimum absolute atomic E-state index is 0.00535. The van der Waals surface area contributed by atoms with Crippen molar-refractivity contribution < 1.29 is 14.3 Å². The molecule has 0 heterocycles. The van der Waals surface area contributed by atoms with Crippen LogP contribution in [0.15, 0.2) is 95.6 Å². The minimum Gasteiger partial charge on any atom is -0.457 e. The Kier molecular flexibility index (Phi) is 6.48. The molecule has 2 aliphatic carbocycles. The SMILES string of the molecule is CC(C)(C)C1=CC2(C=C(C(C)(C)C)C1=O)C(C(=O)OCc1ccccc1)=CCC2c1ccccc1. The van der Waals surface area contributed by atoms with Crippen LogP contribution in [0.1, 0.15) is 65.0 Å². The molecule has 0 fully saturated rings. The van der Waals surface area contributed by atoms with Gasteiger partial charge in [-0.25, -0.2) is 4.79 Å². The van der Waals surface area contributed by atoms with Crippen molar-refractivity contribution in [3.8, 4) is 0 Å². The number of ether oxygens (including phenoxy) is 1. The van der Waals surface area contributed by atoms with Gasteiger partial charge in [0.25, 0.3) is 0 Å². The Morgan fingerprint density at radius 2 is 1.37 bits per heavy atom. The maximum atomic E-state index is 13.7. The van der Waals surface area contributed by atoms with E-state index in [0.717, 1.165) is 22.3 Å². The molecule has 35 heavy (non-hydrogen) atoms. The van der Waals surface area contributed by atoms with Crippen molar-refractivity contribution >= 4 is 11.8 Å². The molecule has 0 amide bonds. The van der Waals surface area contributed by atoms with Crippen molar-refractivity contribution in [3.63, 3.8) is 0 Å². The molecule has 1 spiro atoms. The Morgan fingerprint density at radius 1 is 0.857 bits per heavy atom. The average molecular weight is 469 g/mol. The molecule has 2 aromatic carbocycles. The van der Waals surface area contributed by atoms with Crippen LogP contribution in [-0.2, 0) is 20.9 Å². The first-order chi connectivity index (χ1) is 16.4. The van der Waals surface area contributed by atoms with Gasteiger partial charge in [-0.2, -0.15) is 0 Å². The third-order valence-electron chi connectivity index (χ3n) is 7.11. The van der Waals surface area contributed by atoms with Crippen molar-refractivity contribution in [2.75, 3.05) is 0 Å². The maximum absolute atomic E-state index is 13.7. The summed E-state index contributed by atoms with van der Waals surface area (Å²) in [5.74, 6) is -0.243. The summed E-state index contributed by atoms with van der Waals surface area (Å²) >= 11 is 0. The number of allylic oxidation sites excluding steroid dienone is 5. The van der Waals surface area contributed by atoms with Crippen LogP contribution in [0.5, 0.6) is 0 Å². The van der Waals surface area contributed by atoms with Crippen LogP contribution in [0.25, 0.3) is 0 Å². The maximum Gasteiger partial charge on any atom is 0.335 e. The van der Waals surface area contributed by atoms with E-state index in [4.69, 9.17) is 4.74 Å². The Morgan fingerprint density at radius 3 is 1.89 bits per heavy atom. The molecule has 0 saturated carbocycles. The van der Waals surface area contributed by atoms with E-state index in [2.05, 4.69) is 65.8 Å². The van der Waals surface area contributed by atoms with Crippen LogP contribution in [0.2, 0.25) is 0 Å². The Bertz CT molecular complexity index is 1160. The van der Waals surface area contributed by atoms with Gasteiger partial charge in [0.2, 0.25) is 0 Å². The second-order valence-electron chi connectivity index (χ2n) is 11.8. The zero-order chi connectivity index (χ0) is 25.4. The second kappa shape index (κ2) is 9.11. The fourth-order valence-corrected chi connectivity index (χ4v) is 5.22. The fraction of sp³-hybridized carbons (Fsp3) is 0.375. The lowest BCUT2D eigenvalue weighted by Gasteiger charge is -2.41. The zero-order valence-electron chi connectivity index (χ0n) is 21.7. The van der Waals surface area contributed by atoms with E-state index in [1.807, 2.05) is 54.6 Å². The summed E-state index contributed by atoms with van der Waals surface area (Å²) in [6.45, 7) is 12.6. The second-order valence-corrected chi connectivity index (χ2v) is 11.8. The van der Waals surface area contributed by atoms with Gasteiger partial charge in [-0.1, -0.05) is 120 Å². The number of carbonyl (C=O) groups is 2. The molecule has 182 valence electrons. The molecule has 0 saturated heterocycles. The van der Waals surface area contributed by atoms with Crippen LogP contribution in [0, 0.1) is 16.2 Å². The standard InChI is InChI=1S/C32H36O3/c1-30(2,3)26-19-32(20-27(28(26)33)31(4,5)6)24(23-15-11-8-12-16-23)17-18-25(32)29(34)35-21-22-13-9-7-10-14-22/h7-16,18-20,24H,17,21H2,1-6H3. The molecule has 3 nitrogen and oxygen atoms in total. The van der Waals surface area contributed by atoms with Crippen molar-refractivity contribution in [1.82, 2.24) is 0 Å². The highest BCUT2D eigenvalue weighted by molar-refractivity contribution is 6.12. The quantitative estimate of drug-likeness (QED) is 0.440. The van der Waals surface area contributed by atoms with E-state index < -0.39 is 5.41 Å². The molecule has 4 rings (SSSR count). The number of esters is 1. The van der Waals surface area contributed by atoms with E-state index in [9.17, 15) is 9.59 Å². The number of rotatable bonds is 4. The van der Waals surface area contributed by atoms with Crippen LogP contribution in [0.3, 0.4) is 0 Å². The fourth-order valence-electron chi connectivity index (χ4n) is 5.22. The molecular formula is C32H36O3. The topological polar surface area (TPSA) is 43.4 Å². The van der Waals surface area contributed by atoms with Crippen LogP contribution in [0.4, 0.5) is 0 Å². The van der Waals surface area contributed by atoms with E-state index in [1.54, 1.807) is 0 Å². The molecule has 0 N–H and O–H groups in total. The first-order valence-corrected chi connectivity index (χ1v) is 12.4. The third-order valence-corrected chi connectivity index (χ3v) is 7.11. The number of Topliss-reactive ketones (excluding diaryl/α,β-unsaturated/α-hetero) is 1. The van der Waals surface area contributed by atoms with Crippen LogP contribution in [-0.4, -0.2) is 11.8 Å². The molecule has 2 aromatic rings. The third kappa shape index (κ3) is 4.82. The van der Waals surface area contributed by atoms with E-state index in [0.29, 0.717) is 12.0 Å². The van der Waals surface area contributed by atoms with Crippen molar-refractivity contribution in [2.45, 2.75) is 60.5 Å². The largest absolute Gasteiger partial charge is 0.457 e. The molecular weight excluding hydrogens is 432 g/mol. The van der Waals surface area contributed by atoms with E-state index in [-0.39, 0.29) is 35.1 Å². The van der Waals surface area contributed by atoms with Gasteiger partial charge < -0.3 is 4.74 Å². The summed E-state index contributed by atoms with van der Waals surface area (Å²) in [6.07, 6.45) is 6.87. The average Bonchev–Trinajstić information content (AvgIpc) is 3.17. The van der Waals surface area contributed by atoms with Crippen molar-refractivity contribution in [3.05, 3.63) is 107 Å². The first-order valence-electron chi connectivity index (χ1n) is 12.4. The molecule has 2 aliphatic rings. The minimum atomic E-state index is -0.742. The van der Waals surface area contributed by atoms with Gasteiger partial charge in [0.1, 0.15) is 6.61 Å². The molecule has 3 heteroatoms. The highest BCUT2D eigenvalue weighted by Gasteiger charge is 2.51. The number of hydrogen-bond acceptors (Lipinski definition) is 3. The molecule has 0 bridgehead atoms. The van der Waals surface area contributed by atoms with Gasteiger partial charge in [-0.15, -0.1) is 0 Å². The van der Waals surface area contributed by atoms with Crippen molar-refractivity contribution in [2.24, 2.45) is 16.2 Å². The predicted molar refractivity (Wildman–Crippen MR) is 141 cm³/mol. The van der Waals surface area contributed by atoms with Crippen molar-refractivity contribution in [1.29, 1.82) is 0 Å². The van der Waals surface area contributed by atoms with Gasteiger partial charge in [0, 0.05) is 28.1 Å². The lowest BCUT2D eigenvalue weighted by molar-refractivity contribution is -0.141. The lowest BCUT2D eigenvalue weighted by atomic mass is 9.60. The summed E-state index contributed by atoms with van der Waals surface area (Å²) in [7, 11) is 0. The monoisotopic (exact) mass is 468 g/mol. The normalized spacial score (nSPS) is 19.8. The Balaban J connectivity index is 1.85. The van der Waals surface area contributed by atoms with Gasteiger partial charge in [0.05, 0.1) is 0 Å². The Hall–Kier alpha value is -3.20. The molecule has 0 aromatic heterocycles. The number of hydrogen-bond donors (Lipinski definition) is 0. The van der Waals surface area contributed by atoms with Gasteiger partial charge in [-0.3, -0.25) is 4.79 Å². The van der Waals surface area contributed by atoms with E-state index >= 15 is 0 Å². The van der Waals surface area contributed by atoms with Gasteiger partial charge >= 0.3 is 5.97 Å². The Labute approximate surface area is 209 Å². The summed E-state index contributed by atoms with van der Waals surface area (Å²) in [5, 5.41) is 0. The highest BCUT2D eigenvalue weighted by atomic mass is 16.5. The van der Waals surface area contributed by atoms with Gasteiger partial charge in [0.15, 0.2) is 5.78 Å². The first kappa shape index (κ1) is 24.9. The highest BCUT2D eigenvalue weighted by Crippen LogP contribution is 2.57. The number of benzene rings is 2. The van der Waals surface area contributed by atoms with E-state index in [1.165, 1.54) is 0 Å². The van der Waals surface area contributed by atoms with Gasteiger partial charge in [-0.05, 0) is 28.4 Å². The molecule has 0 aliphatic heterocycles. The lowest BCUT2D eigenvalue weighted by Crippen LogP contribution is -2.37. The smallest absolute Gasteiger partial charge is 0.335 e. The summed E-state index contributed by atoms with van der Waals surface area (Å²) in [5.41, 5.74) is 2.77. The predicted octanol–water partition coefficient (Wildman–Crippen LogP) is 7.36. The van der Waals surface area contributed by atoms with Crippen LogP contribution >= 0.6 is 0 Å². The number of carbonyl (C=O) groups excluding carboxylic acids is 2. The number of ketones is 1. The molecule has 1 atom stereocenters. The molecule has 0 radical (unpaired) electrons.